The zero-order valence-corrected chi connectivity index (χ0v) is 15.0. The van der Waals surface area contributed by atoms with E-state index in [0.29, 0.717) is 37.1 Å². The second-order valence-corrected chi connectivity index (χ2v) is 6.60. The Labute approximate surface area is 154 Å². The number of nitrogens with one attached hydrogen (secondary N) is 1. The van der Waals surface area contributed by atoms with Crippen LogP contribution in [0.25, 0.3) is 10.9 Å². The van der Waals surface area contributed by atoms with Gasteiger partial charge in [-0.2, -0.15) is 5.10 Å². The number of piperazine rings is 1. The summed E-state index contributed by atoms with van der Waals surface area (Å²) in [7, 11) is 1.87. The molecule has 0 spiro atoms. The van der Waals surface area contributed by atoms with Gasteiger partial charge in [-0.3, -0.25) is 23.8 Å². The molecule has 0 atom stereocenters. The van der Waals surface area contributed by atoms with E-state index < -0.39 is 11.2 Å². The average Bonchev–Trinajstić information content (AvgIpc) is 3.11. The van der Waals surface area contributed by atoms with Crippen LogP contribution in [-0.4, -0.2) is 56.3 Å². The smallest absolute Gasteiger partial charge is 0.329 e. The second-order valence-electron chi connectivity index (χ2n) is 6.60. The van der Waals surface area contributed by atoms with Crippen LogP contribution in [-0.2, 0) is 18.4 Å². The van der Waals surface area contributed by atoms with E-state index in [9.17, 15) is 14.4 Å². The van der Waals surface area contributed by atoms with Gasteiger partial charge in [0, 0.05) is 39.4 Å². The normalized spacial score (nSPS) is 14.7. The minimum absolute atomic E-state index is 0.0942. The summed E-state index contributed by atoms with van der Waals surface area (Å²) in [5, 5.41) is 4.57. The van der Waals surface area contributed by atoms with E-state index in [0.717, 1.165) is 5.69 Å². The minimum atomic E-state index is -0.568. The predicted octanol–water partition coefficient (Wildman–Crippen LogP) is -0.228. The van der Waals surface area contributed by atoms with Crippen molar-refractivity contribution in [2.45, 2.75) is 6.54 Å². The Morgan fingerprint density at radius 3 is 2.59 bits per heavy atom. The molecule has 9 heteroatoms. The van der Waals surface area contributed by atoms with Crippen molar-refractivity contribution in [3.8, 4) is 0 Å². The molecule has 1 fully saturated rings. The molecule has 1 aliphatic rings. The van der Waals surface area contributed by atoms with Gasteiger partial charge in [-0.05, 0) is 12.1 Å². The van der Waals surface area contributed by atoms with E-state index in [1.165, 1.54) is 4.57 Å². The van der Waals surface area contributed by atoms with Crippen molar-refractivity contribution in [1.29, 1.82) is 0 Å². The number of hydrogen-bond acceptors (Lipinski definition) is 5. The Morgan fingerprint density at radius 2 is 1.89 bits per heavy atom. The number of nitrogens with zero attached hydrogens (tertiary/aromatic N) is 5. The maximum absolute atomic E-state index is 12.7. The van der Waals surface area contributed by atoms with Crippen LogP contribution in [0.5, 0.6) is 0 Å². The molecule has 0 aliphatic carbocycles. The molecule has 3 heterocycles. The maximum Gasteiger partial charge on any atom is 0.329 e. The Morgan fingerprint density at radius 1 is 1.15 bits per heavy atom. The number of anilines is 1. The largest absolute Gasteiger partial charge is 0.365 e. The highest BCUT2D eigenvalue weighted by atomic mass is 16.2. The van der Waals surface area contributed by atoms with E-state index >= 15 is 0 Å². The van der Waals surface area contributed by atoms with Crippen LogP contribution in [0.1, 0.15) is 0 Å². The van der Waals surface area contributed by atoms with Crippen molar-refractivity contribution >= 4 is 22.5 Å². The lowest BCUT2D eigenvalue weighted by atomic mass is 10.2. The number of carbonyl (C=O) groups is 1. The highest BCUT2D eigenvalue weighted by molar-refractivity contribution is 5.81. The van der Waals surface area contributed by atoms with Gasteiger partial charge in [0.1, 0.15) is 6.54 Å². The van der Waals surface area contributed by atoms with Crippen molar-refractivity contribution in [2.75, 3.05) is 31.1 Å². The van der Waals surface area contributed by atoms with Gasteiger partial charge in [0.05, 0.1) is 22.8 Å². The van der Waals surface area contributed by atoms with Gasteiger partial charge < -0.3 is 9.80 Å². The van der Waals surface area contributed by atoms with Gasteiger partial charge in [-0.1, -0.05) is 12.1 Å². The summed E-state index contributed by atoms with van der Waals surface area (Å²) in [5.41, 5.74) is 0.492. The molecule has 1 N–H and O–H groups in total. The van der Waals surface area contributed by atoms with E-state index in [-0.39, 0.29) is 12.5 Å². The fourth-order valence-corrected chi connectivity index (χ4v) is 3.42. The number of rotatable bonds is 3. The van der Waals surface area contributed by atoms with Crippen LogP contribution >= 0.6 is 0 Å². The molecule has 140 valence electrons. The quantitative estimate of drug-likeness (QED) is 0.689. The Kier molecular flexibility index (Phi) is 4.27. The van der Waals surface area contributed by atoms with E-state index in [1.54, 1.807) is 33.8 Å². The Bertz CT molecular complexity index is 1100. The molecular formula is C18H20N6O3. The minimum Gasteiger partial charge on any atom is -0.365 e. The first kappa shape index (κ1) is 17.1. The molecule has 1 aliphatic heterocycles. The van der Waals surface area contributed by atoms with E-state index in [4.69, 9.17) is 0 Å². The lowest BCUT2D eigenvalue weighted by Crippen LogP contribution is -2.50. The van der Waals surface area contributed by atoms with Crippen LogP contribution in [0.3, 0.4) is 0 Å². The SMILES string of the molecule is Cn1cc(N2CCN(C(=O)Cn3c(=O)[nH]c(=O)c4ccccc43)CC2)cn1. The molecule has 3 aromatic rings. The molecule has 1 aromatic carbocycles. The number of aromatic nitrogens is 4. The first-order valence-corrected chi connectivity index (χ1v) is 8.76. The second kappa shape index (κ2) is 6.75. The van der Waals surface area contributed by atoms with Gasteiger partial charge in [0.25, 0.3) is 5.56 Å². The number of amides is 1. The molecule has 9 nitrogen and oxygen atoms in total. The van der Waals surface area contributed by atoms with E-state index in [1.807, 2.05) is 19.4 Å². The molecule has 0 unspecified atom stereocenters. The summed E-state index contributed by atoms with van der Waals surface area (Å²) in [5.74, 6) is -0.139. The summed E-state index contributed by atoms with van der Waals surface area (Å²) in [6.07, 6.45) is 3.76. The lowest BCUT2D eigenvalue weighted by Gasteiger charge is -2.35. The monoisotopic (exact) mass is 368 g/mol. The topological polar surface area (TPSA) is 96.2 Å². The summed E-state index contributed by atoms with van der Waals surface area (Å²) < 4.78 is 3.08. The van der Waals surface area contributed by atoms with Crippen molar-refractivity contribution in [2.24, 2.45) is 7.05 Å². The highest BCUT2D eigenvalue weighted by Gasteiger charge is 2.23. The zero-order chi connectivity index (χ0) is 19.0. The average molecular weight is 368 g/mol. The summed E-state index contributed by atoms with van der Waals surface area (Å²) >= 11 is 0. The number of hydrogen-bond donors (Lipinski definition) is 1. The standard InChI is InChI=1S/C18H20N6O3/c1-21-11-13(10-19-21)22-6-8-23(9-7-22)16(25)12-24-15-5-3-2-4-14(15)17(26)20-18(24)27/h2-5,10-11H,6-9,12H2,1H3,(H,20,26,27). The van der Waals surface area contributed by atoms with Crippen LogP contribution in [0.4, 0.5) is 5.69 Å². The van der Waals surface area contributed by atoms with Crippen LogP contribution in [0.2, 0.25) is 0 Å². The molecule has 0 radical (unpaired) electrons. The highest BCUT2D eigenvalue weighted by Crippen LogP contribution is 2.15. The molecule has 2 aromatic heterocycles. The summed E-state index contributed by atoms with van der Waals surface area (Å²) in [6, 6.07) is 6.79. The van der Waals surface area contributed by atoms with Gasteiger partial charge in [0.15, 0.2) is 0 Å². The first-order chi connectivity index (χ1) is 13.0. The number of benzene rings is 1. The lowest BCUT2D eigenvalue weighted by molar-refractivity contribution is -0.132. The van der Waals surface area contributed by atoms with Crippen LogP contribution in [0.15, 0.2) is 46.2 Å². The molecule has 0 bridgehead atoms. The van der Waals surface area contributed by atoms with Gasteiger partial charge in [-0.15, -0.1) is 0 Å². The maximum atomic E-state index is 12.7. The summed E-state index contributed by atoms with van der Waals surface area (Å²) in [6.45, 7) is 2.47. The fraction of sp³-hybridized carbons (Fsp3) is 0.333. The number of H-pyrrole nitrogens is 1. The van der Waals surface area contributed by atoms with Gasteiger partial charge in [0.2, 0.25) is 5.91 Å². The van der Waals surface area contributed by atoms with Crippen molar-refractivity contribution in [3.05, 3.63) is 57.5 Å². The summed E-state index contributed by atoms with van der Waals surface area (Å²) in [4.78, 5) is 43.1. The molecular weight excluding hydrogens is 348 g/mol. The van der Waals surface area contributed by atoms with Gasteiger partial charge in [-0.25, -0.2) is 4.79 Å². The Hall–Kier alpha value is -3.36. The number of carbonyl (C=O) groups excluding carboxylic acids is 1. The van der Waals surface area contributed by atoms with Crippen molar-refractivity contribution < 1.29 is 4.79 Å². The third kappa shape index (κ3) is 3.23. The van der Waals surface area contributed by atoms with Crippen molar-refractivity contribution in [1.82, 2.24) is 24.2 Å². The van der Waals surface area contributed by atoms with Crippen LogP contribution in [0, 0.1) is 0 Å². The molecule has 1 amide bonds. The number of para-hydroxylation sites is 1. The first-order valence-electron chi connectivity index (χ1n) is 8.76. The number of fused-ring (bicyclic) bond motifs is 1. The Balaban J connectivity index is 1.50. The molecule has 4 rings (SSSR count). The third-order valence-electron chi connectivity index (χ3n) is 4.89. The van der Waals surface area contributed by atoms with Crippen LogP contribution < -0.4 is 16.1 Å². The zero-order valence-electron chi connectivity index (χ0n) is 15.0. The number of aromatic amines is 1. The van der Waals surface area contributed by atoms with Gasteiger partial charge >= 0.3 is 5.69 Å². The van der Waals surface area contributed by atoms with Crippen molar-refractivity contribution in [3.63, 3.8) is 0 Å². The molecule has 1 saturated heterocycles. The predicted molar refractivity (Wildman–Crippen MR) is 101 cm³/mol. The molecule has 0 saturated carbocycles. The number of aryl methyl sites for hydroxylation is 1. The fourth-order valence-electron chi connectivity index (χ4n) is 3.42. The molecule has 27 heavy (non-hydrogen) atoms. The third-order valence-corrected chi connectivity index (χ3v) is 4.89. The van der Waals surface area contributed by atoms with E-state index in [2.05, 4.69) is 15.0 Å².